The molecule has 2 N–H and O–H groups in total. The molecule has 0 radical (unpaired) electrons. The molecule has 1 aromatic carbocycles. The highest BCUT2D eigenvalue weighted by molar-refractivity contribution is 5.98. The van der Waals surface area contributed by atoms with Gasteiger partial charge in [0.25, 0.3) is 11.8 Å². The van der Waals surface area contributed by atoms with Crippen LogP contribution >= 0.6 is 0 Å². The van der Waals surface area contributed by atoms with Crippen LogP contribution in [-0.2, 0) is 6.54 Å². The summed E-state index contributed by atoms with van der Waals surface area (Å²) in [5, 5.41) is 5.56. The number of fused-ring (bicyclic) bond motifs is 1. The van der Waals surface area contributed by atoms with Crippen LogP contribution < -0.4 is 20.1 Å². The molecular formula is C18H19N3O4. The van der Waals surface area contributed by atoms with Crippen molar-refractivity contribution in [2.24, 2.45) is 0 Å². The summed E-state index contributed by atoms with van der Waals surface area (Å²) in [6.45, 7) is 3.09. The van der Waals surface area contributed by atoms with Gasteiger partial charge in [0.05, 0.1) is 0 Å². The Balaban J connectivity index is 1.62. The second-order valence-electron chi connectivity index (χ2n) is 5.56. The first-order chi connectivity index (χ1) is 12.2. The molecule has 0 fully saturated rings. The number of pyridine rings is 1. The number of carbonyl (C=O) groups is 2. The van der Waals surface area contributed by atoms with Gasteiger partial charge in [0.2, 0.25) is 6.79 Å². The molecule has 2 amide bonds. The molecule has 0 saturated carbocycles. The minimum atomic E-state index is -0.285. The third kappa shape index (κ3) is 4.06. The van der Waals surface area contributed by atoms with Crippen molar-refractivity contribution in [3.8, 4) is 11.5 Å². The van der Waals surface area contributed by atoms with Crippen LogP contribution in [0, 0.1) is 0 Å². The number of benzene rings is 1. The van der Waals surface area contributed by atoms with E-state index in [9.17, 15) is 9.59 Å². The SMILES string of the molecule is CCCNC(=O)c1cc(C(=O)NCc2ccc3c(c2)OCO3)ccn1. The number of rotatable bonds is 6. The zero-order chi connectivity index (χ0) is 17.6. The summed E-state index contributed by atoms with van der Waals surface area (Å²) in [5.41, 5.74) is 1.51. The molecule has 130 valence electrons. The van der Waals surface area contributed by atoms with E-state index in [-0.39, 0.29) is 24.3 Å². The molecule has 0 spiro atoms. The molecule has 25 heavy (non-hydrogen) atoms. The van der Waals surface area contributed by atoms with Crippen molar-refractivity contribution in [2.75, 3.05) is 13.3 Å². The maximum absolute atomic E-state index is 12.3. The van der Waals surface area contributed by atoms with E-state index in [0.29, 0.717) is 30.2 Å². The fourth-order valence-corrected chi connectivity index (χ4v) is 2.36. The van der Waals surface area contributed by atoms with Crippen molar-refractivity contribution >= 4 is 11.8 Å². The van der Waals surface area contributed by atoms with E-state index in [4.69, 9.17) is 9.47 Å². The second kappa shape index (κ2) is 7.65. The fraction of sp³-hybridized carbons (Fsp3) is 0.278. The first-order valence-corrected chi connectivity index (χ1v) is 8.08. The Morgan fingerprint density at radius 1 is 1.08 bits per heavy atom. The normalized spacial score (nSPS) is 11.9. The minimum absolute atomic E-state index is 0.213. The van der Waals surface area contributed by atoms with Gasteiger partial charge in [0, 0.05) is 24.8 Å². The lowest BCUT2D eigenvalue weighted by Gasteiger charge is -2.08. The highest BCUT2D eigenvalue weighted by atomic mass is 16.7. The molecule has 0 unspecified atom stereocenters. The van der Waals surface area contributed by atoms with Crippen molar-refractivity contribution < 1.29 is 19.1 Å². The zero-order valence-corrected chi connectivity index (χ0v) is 13.9. The van der Waals surface area contributed by atoms with Crippen LogP contribution in [0.2, 0.25) is 0 Å². The van der Waals surface area contributed by atoms with Crippen molar-refractivity contribution in [2.45, 2.75) is 19.9 Å². The number of amides is 2. The first-order valence-electron chi connectivity index (χ1n) is 8.08. The maximum Gasteiger partial charge on any atom is 0.269 e. The van der Waals surface area contributed by atoms with Crippen LogP contribution in [0.5, 0.6) is 11.5 Å². The first kappa shape index (κ1) is 16.8. The lowest BCUT2D eigenvalue weighted by atomic mass is 10.1. The average Bonchev–Trinajstić information content (AvgIpc) is 3.12. The molecule has 0 atom stereocenters. The van der Waals surface area contributed by atoms with Gasteiger partial charge in [-0.15, -0.1) is 0 Å². The van der Waals surface area contributed by atoms with Gasteiger partial charge in [-0.2, -0.15) is 0 Å². The second-order valence-corrected chi connectivity index (χ2v) is 5.56. The highest BCUT2D eigenvalue weighted by Gasteiger charge is 2.14. The summed E-state index contributed by atoms with van der Waals surface area (Å²) in [6, 6.07) is 8.57. The molecule has 1 aromatic heterocycles. The lowest BCUT2D eigenvalue weighted by molar-refractivity contribution is 0.0948. The third-order valence-electron chi connectivity index (χ3n) is 3.68. The van der Waals surface area contributed by atoms with Crippen LogP contribution in [0.25, 0.3) is 0 Å². The minimum Gasteiger partial charge on any atom is -0.454 e. The van der Waals surface area contributed by atoms with Gasteiger partial charge in [0.1, 0.15) is 5.69 Å². The molecule has 1 aliphatic heterocycles. The Morgan fingerprint density at radius 3 is 2.76 bits per heavy atom. The molecule has 3 rings (SSSR count). The van der Waals surface area contributed by atoms with E-state index in [1.807, 2.05) is 25.1 Å². The van der Waals surface area contributed by atoms with Gasteiger partial charge < -0.3 is 20.1 Å². The predicted molar refractivity (Wildman–Crippen MR) is 90.6 cm³/mol. The Morgan fingerprint density at radius 2 is 1.92 bits per heavy atom. The predicted octanol–water partition coefficient (Wildman–Crippen LogP) is 1.88. The topological polar surface area (TPSA) is 89.6 Å². The molecule has 0 bridgehead atoms. The molecule has 1 aliphatic rings. The number of carbonyl (C=O) groups excluding carboxylic acids is 2. The van der Waals surface area contributed by atoms with Gasteiger partial charge in [-0.25, -0.2) is 0 Å². The quantitative estimate of drug-likeness (QED) is 0.837. The van der Waals surface area contributed by atoms with E-state index >= 15 is 0 Å². The number of aromatic nitrogens is 1. The maximum atomic E-state index is 12.3. The summed E-state index contributed by atoms with van der Waals surface area (Å²) in [7, 11) is 0. The number of nitrogens with one attached hydrogen (secondary N) is 2. The molecule has 7 heteroatoms. The summed E-state index contributed by atoms with van der Waals surface area (Å²) >= 11 is 0. The van der Waals surface area contributed by atoms with Crippen molar-refractivity contribution in [1.29, 1.82) is 0 Å². The van der Waals surface area contributed by atoms with Gasteiger partial charge in [-0.1, -0.05) is 13.0 Å². The summed E-state index contributed by atoms with van der Waals surface area (Å²) in [6.07, 6.45) is 2.29. The highest BCUT2D eigenvalue weighted by Crippen LogP contribution is 2.32. The number of hydrogen-bond acceptors (Lipinski definition) is 5. The third-order valence-corrected chi connectivity index (χ3v) is 3.68. The fourth-order valence-electron chi connectivity index (χ4n) is 2.36. The van der Waals surface area contributed by atoms with Crippen LogP contribution in [0.15, 0.2) is 36.5 Å². The van der Waals surface area contributed by atoms with Crippen molar-refractivity contribution in [3.63, 3.8) is 0 Å². The van der Waals surface area contributed by atoms with Crippen LogP contribution in [0.3, 0.4) is 0 Å². The Kier molecular flexibility index (Phi) is 5.13. The summed E-state index contributed by atoms with van der Waals surface area (Å²) in [4.78, 5) is 28.3. The smallest absolute Gasteiger partial charge is 0.269 e. The van der Waals surface area contributed by atoms with Crippen molar-refractivity contribution in [3.05, 3.63) is 53.3 Å². The standard InChI is InChI=1S/C18H19N3O4/c1-2-6-20-18(23)14-9-13(5-7-19-14)17(22)21-10-12-3-4-15-16(8-12)25-11-24-15/h3-5,7-9H,2,6,10-11H2,1H3,(H,20,23)(H,21,22). The van der Waals surface area contributed by atoms with Crippen LogP contribution in [0.1, 0.15) is 39.8 Å². The molecule has 0 saturated heterocycles. The summed E-state index contributed by atoms with van der Waals surface area (Å²) < 4.78 is 10.6. The molecule has 2 aromatic rings. The van der Waals surface area contributed by atoms with Gasteiger partial charge in [-0.05, 0) is 36.2 Å². The van der Waals surface area contributed by atoms with E-state index in [0.717, 1.165) is 12.0 Å². The zero-order valence-electron chi connectivity index (χ0n) is 13.9. The van der Waals surface area contributed by atoms with E-state index in [1.54, 1.807) is 6.07 Å². The average molecular weight is 341 g/mol. The largest absolute Gasteiger partial charge is 0.454 e. The molecule has 2 heterocycles. The molecule has 0 aliphatic carbocycles. The van der Waals surface area contributed by atoms with Gasteiger partial charge >= 0.3 is 0 Å². The van der Waals surface area contributed by atoms with Gasteiger partial charge in [-0.3, -0.25) is 14.6 Å². The van der Waals surface area contributed by atoms with E-state index in [2.05, 4.69) is 15.6 Å². The molecular weight excluding hydrogens is 322 g/mol. The monoisotopic (exact) mass is 341 g/mol. The van der Waals surface area contributed by atoms with Crippen molar-refractivity contribution in [1.82, 2.24) is 15.6 Å². The lowest BCUT2D eigenvalue weighted by Crippen LogP contribution is -2.26. The number of ether oxygens (including phenoxy) is 2. The van der Waals surface area contributed by atoms with Crippen LogP contribution in [0.4, 0.5) is 0 Å². The Labute approximate surface area is 145 Å². The van der Waals surface area contributed by atoms with Gasteiger partial charge in [0.15, 0.2) is 11.5 Å². The van der Waals surface area contributed by atoms with E-state index in [1.165, 1.54) is 12.3 Å². The van der Waals surface area contributed by atoms with Crippen LogP contribution in [-0.4, -0.2) is 30.1 Å². The molecule has 7 nitrogen and oxygen atoms in total. The summed E-state index contributed by atoms with van der Waals surface area (Å²) in [5.74, 6) is 0.814. The Bertz CT molecular complexity index is 792. The number of hydrogen-bond donors (Lipinski definition) is 2. The van der Waals surface area contributed by atoms with E-state index < -0.39 is 0 Å². The Hall–Kier alpha value is -3.09. The number of nitrogens with zero attached hydrogens (tertiary/aromatic N) is 1.